The summed E-state index contributed by atoms with van der Waals surface area (Å²) in [6, 6.07) is 10.0. The van der Waals surface area contributed by atoms with Gasteiger partial charge >= 0.3 is 6.18 Å². The van der Waals surface area contributed by atoms with Gasteiger partial charge in [0.05, 0.1) is 30.9 Å². The fourth-order valence-corrected chi connectivity index (χ4v) is 1.93. The van der Waals surface area contributed by atoms with Crippen molar-refractivity contribution in [1.82, 2.24) is 4.98 Å². The van der Waals surface area contributed by atoms with Crippen molar-refractivity contribution in [3.8, 4) is 23.1 Å². The molecule has 0 amide bonds. The molecule has 1 aromatic carbocycles. The lowest BCUT2D eigenvalue weighted by molar-refractivity contribution is -0.137. The summed E-state index contributed by atoms with van der Waals surface area (Å²) in [5, 5.41) is 8.83. The minimum atomic E-state index is -4.41. The Kier molecular flexibility index (Phi) is 4.13. The number of rotatable bonds is 3. The van der Waals surface area contributed by atoms with Gasteiger partial charge in [-0.2, -0.15) is 18.4 Å². The van der Waals surface area contributed by atoms with Crippen LogP contribution in [0, 0.1) is 11.3 Å². The molecule has 0 saturated carbocycles. The standard InChI is InChI=1S/C15H11F3N2O/c1-21-14-6-5-12(13(20-14)7-8-19)10-3-2-4-11(9-10)15(16,17)18/h2-6,9H,7H2,1H3. The van der Waals surface area contributed by atoms with Crippen LogP contribution in [0.2, 0.25) is 0 Å². The number of ether oxygens (including phenoxy) is 1. The molecule has 21 heavy (non-hydrogen) atoms. The fourth-order valence-electron chi connectivity index (χ4n) is 1.93. The molecule has 0 bridgehead atoms. The Morgan fingerprint density at radius 3 is 2.62 bits per heavy atom. The van der Waals surface area contributed by atoms with Crippen molar-refractivity contribution in [3.63, 3.8) is 0 Å². The van der Waals surface area contributed by atoms with Crippen LogP contribution in [-0.4, -0.2) is 12.1 Å². The average Bonchev–Trinajstić information content (AvgIpc) is 2.47. The van der Waals surface area contributed by atoms with E-state index in [0.29, 0.717) is 22.7 Å². The third-order valence-electron chi connectivity index (χ3n) is 2.91. The van der Waals surface area contributed by atoms with Gasteiger partial charge in [-0.05, 0) is 23.8 Å². The second-order valence-corrected chi connectivity index (χ2v) is 4.26. The molecule has 1 aromatic heterocycles. The highest BCUT2D eigenvalue weighted by molar-refractivity contribution is 5.67. The Morgan fingerprint density at radius 1 is 1.24 bits per heavy atom. The number of hydrogen-bond acceptors (Lipinski definition) is 3. The van der Waals surface area contributed by atoms with Crippen LogP contribution in [0.5, 0.6) is 5.88 Å². The summed E-state index contributed by atoms with van der Waals surface area (Å²) in [5.74, 6) is 0.316. The topological polar surface area (TPSA) is 45.9 Å². The lowest BCUT2D eigenvalue weighted by Gasteiger charge is -2.11. The number of nitrogens with zero attached hydrogens (tertiary/aromatic N) is 2. The molecule has 0 aliphatic rings. The normalized spacial score (nSPS) is 11.0. The van der Waals surface area contributed by atoms with Crippen LogP contribution in [-0.2, 0) is 12.6 Å². The van der Waals surface area contributed by atoms with E-state index in [-0.39, 0.29) is 6.42 Å². The highest BCUT2D eigenvalue weighted by Crippen LogP contribution is 2.33. The van der Waals surface area contributed by atoms with Gasteiger partial charge in [-0.1, -0.05) is 12.1 Å². The molecule has 1 heterocycles. The largest absolute Gasteiger partial charge is 0.481 e. The lowest BCUT2D eigenvalue weighted by Crippen LogP contribution is -2.05. The SMILES string of the molecule is COc1ccc(-c2cccc(C(F)(F)F)c2)c(CC#N)n1. The minimum Gasteiger partial charge on any atom is -0.481 e. The lowest BCUT2D eigenvalue weighted by atomic mass is 10.0. The fraction of sp³-hybridized carbons (Fsp3) is 0.200. The van der Waals surface area contributed by atoms with Crippen molar-refractivity contribution in [1.29, 1.82) is 5.26 Å². The molecule has 0 aliphatic carbocycles. The summed E-state index contributed by atoms with van der Waals surface area (Å²) in [6.45, 7) is 0. The number of aromatic nitrogens is 1. The number of hydrogen-bond donors (Lipinski definition) is 0. The molecule has 0 aliphatic heterocycles. The van der Waals surface area contributed by atoms with Crippen molar-refractivity contribution in [3.05, 3.63) is 47.7 Å². The van der Waals surface area contributed by atoms with Gasteiger partial charge in [0.2, 0.25) is 5.88 Å². The monoisotopic (exact) mass is 292 g/mol. The number of halogens is 3. The summed E-state index contributed by atoms with van der Waals surface area (Å²) in [5.41, 5.74) is 0.503. The third kappa shape index (κ3) is 3.31. The van der Waals surface area contributed by atoms with Crippen LogP contribution in [0.1, 0.15) is 11.3 Å². The van der Waals surface area contributed by atoms with Crippen molar-refractivity contribution >= 4 is 0 Å². The summed E-state index contributed by atoms with van der Waals surface area (Å²) in [7, 11) is 1.43. The summed E-state index contributed by atoms with van der Waals surface area (Å²) < 4.78 is 43.3. The second kappa shape index (κ2) is 5.83. The van der Waals surface area contributed by atoms with Crippen molar-refractivity contribution in [2.24, 2.45) is 0 Å². The Morgan fingerprint density at radius 2 is 2.00 bits per heavy atom. The zero-order valence-corrected chi connectivity index (χ0v) is 11.1. The van der Waals surface area contributed by atoms with E-state index in [2.05, 4.69) is 4.98 Å². The first-order chi connectivity index (χ1) is 9.95. The molecule has 108 valence electrons. The molecule has 2 rings (SSSR count). The number of pyridine rings is 1. The molecule has 0 fully saturated rings. The molecule has 0 N–H and O–H groups in total. The molecular formula is C15H11F3N2O. The van der Waals surface area contributed by atoms with E-state index >= 15 is 0 Å². The van der Waals surface area contributed by atoms with E-state index in [1.807, 2.05) is 6.07 Å². The maximum atomic E-state index is 12.8. The maximum absolute atomic E-state index is 12.8. The number of alkyl halides is 3. The van der Waals surface area contributed by atoms with E-state index < -0.39 is 11.7 Å². The zero-order chi connectivity index (χ0) is 15.5. The first kappa shape index (κ1) is 14.9. The maximum Gasteiger partial charge on any atom is 0.416 e. The van der Waals surface area contributed by atoms with E-state index in [4.69, 9.17) is 10.00 Å². The first-order valence-corrected chi connectivity index (χ1v) is 6.04. The molecule has 0 unspecified atom stereocenters. The summed E-state index contributed by atoms with van der Waals surface area (Å²) in [4.78, 5) is 4.12. The highest BCUT2D eigenvalue weighted by atomic mass is 19.4. The molecule has 3 nitrogen and oxygen atoms in total. The van der Waals surface area contributed by atoms with Gasteiger partial charge in [0, 0.05) is 11.6 Å². The Balaban J connectivity index is 2.54. The molecular weight excluding hydrogens is 281 g/mol. The van der Waals surface area contributed by atoms with E-state index in [1.54, 1.807) is 18.2 Å². The van der Waals surface area contributed by atoms with Crippen molar-refractivity contribution < 1.29 is 17.9 Å². The van der Waals surface area contributed by atoms with Gasteiger partial charge in [0.15, 0.2) is 0 Å². The number of methoxy groups -OCH3 is 1. The second-order valence-electron chi connectivity index (χ2n) is 4.26. The van der Waals surface area contributed by atoms with Gasteiger partial charge in [-0.3, -0.25) is 0 Å². The van der Waals surface area contributed by atoms with Crippen LogP contribution in [0.3, 0.4) is 0 Å². The van der Waals surface area contributed by atoms with Crippen molar-refractivity contribution in [2.75, 3.05) is 7.11 Å². The van der Waals surface area contributed by atoms with E-state index in [9.17, 15) is 13.2 Å². The van der Waals surface area contributed by atoms with Crippen LogP contribution in [0.15, 0.2) is 36.4 Å². The first-order valence-electron chi connectivity index (χ1n) is 6.04. The summed E-state index contributed by atoms with van der Waals surface area (Å²) in [6.07, 6.45) is -4.42. The van der Waals surface area contributed by atoms with Gasteiger partial charge in [0.25, 0.3) is 0 Å². The predicted octanol–water partition coefficient (Wildman–Crippen LogP) is 3.84. The number of nitriles is 1. The molecule has 0 radical (unpaired) electrons. The van der Waals surface area contributed by atoms with E-state index in [1.165, 1.54) is 13.2 Å². The highest BCUT2D eigenvalue weighted by Gasteiger charge is 2.30. The molecule has 0 saturated heterocycles. The van der Waals surface area contributed by atoms with Gasteiger partial charge in [-0.25, -0.2) is 4.98 Å². The number of benzene rings is 1. The molecule has 0 spiro atoms. The predicted molar refractivity (Wildman–Crippen MR) is 70.5 cm³/mol. The van der Waals surface area contributed by atoms with Crippen LogP contribution < -0.4 is 4.74 Å². The van der Waals surface area contributed by atoms with Crippen LogP contribution >= 0.6 is 0 Å². The molecule has 2 aromatic rings. The zero-order valence-electron chi connectivity index (χ0n) is 11.1. The van der Waals surface area contributed by atoms with Crippen LogP contribution in [0.25, 0.3) is 11.1 Å². The Bertz CT molecular complexity index is 690. The summed E-state index contributed by atoms with van der Waals surface area (Å²) >= 11 is 0. The molecule has 6 heteroatoms. The quantitative estimate of drug-likeness (QED) is 0.863. The van der Waals surface area contributed by atoms with Gasteiger partial charge in [-0.15, -0.1) is 0 Å². The smallest absolute Gasteiger partial charge is 0.416 e. The van der Waals surface area contributed by atoms with Crippen LogP contribution in [0.4, 0.5) is 13.2 Å². The average molecular weight is 292 g/mol. The molecule has 0 atom stereocenters. The Labute approximate surface area is 119 Å². The van der Waals surface area contributed by atoms with Crippen molar-refractivity contribution in [2.45, 2.75) is 12.6 Å². The minimum absolute atomic E-state index is 0.0111. The Hall–Kier alpha value is -2.55. The third-order valence-corrected chi connectivity index (χ3v) is 2.91. The van der Waals surface area contributed by atoms with Gasteiger partial charge in [0.1, 0.15) is 0 Å². The van der Waals surface area contributed by atoms with Gasteiger partial charge < -0.3 is 4.74 Å². The van der Waals surface area contributed by atoms with E-state index in [0.717, 1.165) is 12.1 Å².